The van der Waals surface area contributed by atoms with Crippen LogP contribution in [0.1, 0.15) is 49.4 Å². The molecule has 1 aliphatic carbocycles. The SMILES string of the molecule is COc1cc(C(=O)OC(C)C(=O)N(c2nccs2)C2CCCCC2)cc(Cl)c1OC. The molecule has 0 N–H and O–H groups in total. The smallest absolute Gasteiger partial charge is 0.339 e. The summed E-state index contributed by atoms with van der Waals surface area (Å²) >= 11 is 7.58. The molecule has 1 aromatic carbocycles. The molecule has 2 aromatic rings. The molecule has 0 bridgehead atoms. The molecule has 1 unspecified atom stereocenters. The molecule has 0 saturated heterocycles. The van der Waals surface area contributed by atoms with Crippen LogP contribution in [0.15, 0.2) is 23.7 Å². The lowest BCUT2D eigenvalue weighted by Gasteiger charge is -2.33. The van der Waals surface area contributed by atoms with Gasteiger partial charge in [-0.05, 0) is 31.9 Å². The highest BCUT2D eigenvalue weighted by Crippen LogP contribution is 2.36. The molecule has 0 spiro atoms. The lowest BCUT2D eigenvalue weighted by atomic mass is 9.94. The van der Waals surface area contributed by atoms with Crippen molar-refractivity contribution >= 4 is 39.9 Å². The van der Waals surface area contributed by atoms with Gasteiger partial charge in [0.25, 0.3) is 5.91 Å². The van der Waals surface area contributed by atoms with Crippen LogP contribution in [-0.2, 0) is 9.53 Å². The maximum Gasteiger partial charge on any atom is 0.339 e. The Morgan fingerprint density at radius 3 is 2.53 bits per heavy atom. The fourth-order valence-electron chi connectivity index (χ4n) is 3.62. The zero-order chi connectivity index (χ0) is 21.7. The van der Waals surface area contributed by atoms with E-state index in [0.717, 1.165) is 25.7 Å². The predicted molar refractivity (Wildman–Crippen MR) is 116 cm³/mol. The number of amides is 1. The van der Waals surface area contributed by atoms with Gasteiger partial charge in [-0.2, -0.15) is 0 Å². The molecular formula is C21H25ClN2O5S. The van der Waals surface area contributed by atoms with E-state index in [-0.39, 0.29) is 22.5 Å². The normalized spacial score (nSPS) is 15.3. The average Bonchev–Trinajstić information content (AvgIpc) is 3.28. The van der Waals surface area contributed by atoms with E-state index in [1.807, 2.05) is 5.38 Å². The van der Waals surface area contributed by atoms with Crippen LogP contribution < -0.4 is 14.4 Å². The number of carbonyl (C=O) groups excluding carboxylic acids is 2. The van der Waals surface area contributed by atoms with Gasteiger partial charge in [0.05, 0.1) is 24.8 Å². The first-order valence-electron chi connectivity index (χ1n) is 9.81. The summed E-state index contributed by atoms with van der Waals surface area (Å²) in [5.41, 5.74) is 0.177. The number of thiazole rings is 1. The summed E-state index contributed by atoms with van der Waals surface area (Å²) in [5, 5.41) is 2.68. The maximum absolute atomic E-state index is 13.2. The van der Waals surface area contributed by atoms with E-state index < -0.39 is 12.1 Å². The third-order valence-corrected chi connectivity index (χ3v) is 6.15. The molecule has 1 aromatic heterocycles. The van der Waals surface area contributed by atoms with Gasteiger partial charge in [-0.1, -0.05) is 30.9 Å². The largest absolute Gasteiger partial charge is 0.493 e. The minimum absolute atomic E-state index is 0.0640. The molecule has 162 valence electrons. The number of anilines is 1. The van der Waals surface area contributed by atoms with Crippen molar-refractivity contribution in [3.05, 3.63) is 34.3 Å². The zero-order valence-electron chi connectivity index (χ0n) is 17.2. The van der Waals surface area contributed by atoms with Gasteiger partial charge < -0.3 is 14.2 Å². The Balaban J connectivity index is 1.78. The summed E-state index contributed by atoms with van der Waals surface area (Å²) in [6, 6.07) is 2.97. The van der Waals surface area contributed by atoms with Crippen LogP contribution in [0.5, 0.6) is 11.5 Å². The summed E-state index contributed by atoms with van der Waals surface area (Å²) in [4.78, 5) is 32.0. The summed E-state index contributed by atoms with van der Waals surface area (Å²) < 4.78 is 15.9. The molecule has 7 nitrogen and oxygen atoms in total. The third kappa shape index (κ3) is 4.87. The van der Waals surface area contributed by atoms with Crippen molar-refractivity contribution in [3.63, 3.8) is 0 Å². The van der Waals surface area contributed by atoms with Crippen molar-refractivity contribution in [1.82, 2.24) is 4.98 Å². The Labute approximate surface area is 184 Å². The van der Waals surface area contributed by atoms with Gasteiger partial charge in [-0.25, -0.2) is 9.78 Å². The Morgan fingerprint density at radius 2 is 1.93 bits per heavy atom. The number of esters is 1. The summed E-state index contributed by atoms with van der Waals surface area (Å²) in [7, 11) is 2.91. The number of nitrogens with zero attached hydrogens (tertiary/aromatic N) is 2. The number of hydrogen-bond donors (Lipinski definition) is 0. The molecule has 1 fully saturated rings. The van der Waals surface area contributed by atoms with Crippen LogP contribution in [0.4, 0.5) is 5.13 Å². The first-order chi connectivity index (χ1) is 14.5. The predicted octanol–water partition coefficient (Wildman–Crippen LogP) is 4.72. The number of hydrogen-bond acceptors (Lipinski definition) is 7. The summed E-state index contributed by atoms with van der Waals surface area (Å²) in [6.07, 6.45) is 5.83. The number of methoxy groups -OCH3 is 2. The topological polar surface area (TPSA) is 78.0 Å². The molecule has 0 radical (unpaired) electrons. The fraction of sp³-hybridized carbons (Fsp3) is 0.476. The van der Waals surface area contributed by atoms with Crippen molar-refractivity contribution in [2.45, 2.75) is 51.2 Å². The third-order valence-electron chi connectivity index (χ3n) is 5.10. The molecule has 3 rings (SSSR count). The lowest BCUT2D eigenvalue weighted by molar-refractivity contribution is -0.127. The maximum atomic E-state index is 13.2. The van der Waals surface area contributed by atoms with Gasteiger partial charge in [-0.15, -0.1) is 11.3 Å². The highest BCUT2D eigenvalue weighted by Gasteiger charge is 2.33. The van der Waals surface area contributed by atoms with E-state index in [1.54, 1.807) is 18.0 Å². The second-order valence-corrected chi connectivity index (χ2v) is 8.34. The zero-order valence-corrected chi connectivity index (χ0v) is 18.8. The number of halogens is 1. The van der Waals surface area contributed by atoms with E-state index in [9.17, 15) is 9.59 Å². The lowest BCUT2D eigenvalue weighted by Crippen LogP contribution is -2.47. The quantitative estimate of drug-likeness (QED) is 0.565. The van der Waals surface area contributed by atoms with Crippen LogP contribution in [0.3, 0.4) is 0 Å². The molecule has 30 heavy (non-hydrogen) atoms. The molecule has 1 amide bonds. The molecule has 1 heterocycles. The Hall–Kier alpha value is -2.32. The Bertz CT molecular complexity index is 884. The van der Waals surface area contributed by atoms with Crippen molar-refractivity contribution in [2.75, 3.05) is 19.1 Å². The molecule has 0 aliphatic heterocycles. The van der Waals surface area contributed by atoms with Gasteiger partial charge in [0.1, 0.15) is 0 Å². The van der Waals surface area contributed by atoms with Crippen LogP contribution >= 0.6 is 22.9 Å². The summed E-state index contributed by atoms with van der Waals surface area (Å²) in [5.74, 6) is -0.312. The minimum atomic E-state index is -0.977. The van der Waals surface area contributed by atoms with E-state index in [1.165, 1.54) is 44.1 Å². The van der Waals surface area contributed by atoms with Crippen LogP contribution in [0.25, 0.3) is 0 Å². The van der Waals surface area contributed by atoms with E-state index in [4.69, 9.17) is 25.8 Å². The molecule has 1 atom stereocenters. The number of benzene rings is 1. The van der Waals surface area contributed by atoms with Gasteiger partial charge in [0, 0.05) is 17.6 Å². The van der Waals surface area contributed by atoms with E-state index in [2.05, 4.69) is 4.98 Å². The van der Waals surface area contributed by atoms with Crippen LogP contribution in [0.2, 0.25) is 5.02 Å². The van der Waals surface area contributed by atoms with Crippen molar-refractivity contribution < 1.29 is 23.8 Å². The Morgan fingerprint density at radius 1 is 1.20 bits per heavy atom. The van der Waals surface area contributed by atoms with E-state index in [0.29, 0.717) is 16.6 Å². The average molecular weight is 453 g/mol. The van der Waals surface area contributed by atoms with Crippen molar-refractivity contribution in [3.8, 4) is 11.5 Å². The molecular weight excluding hydrogens is 428 g/mol. The van der Waals surface area contributed by atoms with Gasteiger partial charge in [0.2, 0.25) is 0 Å². The van der Waals surface area contributed by atoms with Gasteiger partial charge in [-0.3, -0.25) is 9.69 Å². The first-order valence-corrected chi connectivity index (χ1v) is 11.1. The number of ether oxygens (including phenoxy) is 3. The minimum Gasteiger partial charge on any atom is -0.493 e. The van der Waals surface area contributed by atoms with Crippen molar-refractivity contribution in [1.29, 1.82) is 0 Å². The second-order valence-electron chi connectivity index (χ2n) is 7.06. The number of carbonyl (C=O) groups is 2. The first kappa shape index (κ1) is 22.4. The van der Waals surface area contributed by atoms with Crippen LogP contribution in [0, 0.1) is 0 Å². The highest BCUT2D eigenvalue weighted by atomic mass is 35.5. The van der Waals surface area contributed by atoms with Crippen LogP contribution in [-0.4, -0.2) is 43.2 Å². The highest BCUT2D eigenvalue weighted by molar-refractivity contribution is 7.13. The standard InChI is InChI=1S/C21H25ClN2O5S/c1-13(29-20(26)14-11-16(22)18(28-3)17(12-14)27-2)19(25)24(21-23-9-10-30-21)15-7-5-4-6-8-15/h9-13,15H,4-8H2,1-3H3. The van der Waals surface area contributed by atoms with Gasteiger partial charge >= 0.3 is 5.97 Å². The Kier molecular flexibility index (Phi) is 7.55. The number of aromatic nitrogens is 1. The van der Waals surface area contributed by atoms with E-state index >= 15 is 0 Å². The molecule has 1 aliphatic rings. The summed E-state index contributed by atoms with van der Waals surface area (Å²) in [6.45, 7) is 1.58. The van der Waals surface area contributed by atoms with Gasteiger partial charge in [0.15, 0.2) is 22.7 Å². The second kappa shape index (κ2) is 10.1. The number of rotatable bonds is 7. The fourth-order valence-corrected chi connectivity index (χ4v) is 4.62. The molecule has 1 saturated carbocycles. The van der Waals surface area contributed by atoms with Crippen molar-refractivity contribution in [2.24, 2.45) is 0 Å². The monoisotopic (exact) mass is 452 g/mol. The molecule has 9 heteroatoms.